The van der Waals surface area contributed by atoms with Crippen LogP contribution >= 0.6 is 0 Å². The van der Waals surface area contributed by atoms with Crippen molar-refractivity contribution < 1.29 is 18.6 Å². The molecule has 1 heterocycles. The van der Waals surface area contributed by atoms with Gasteiger partial charge in [-0.1, -0.05) is 0 Å². The number of halogens is 2. The van der Waals surface area contributed by atoms with Crippen LogP contribution < -0.4 is 4.74 Å². The lowest BCUT2D eigenvalue weighted by Crippen LogP contribution is -2.27. The molecule has 0 atom stereocenters. The smallest absolute Gasteiger partial charge is 0.134 e. The Labute approximate surface area is 127 Å². The van der Waals surface area contributed by atoms with E-state index in [-0.39, 0.29) is 24.5 Å². The van der Waals surface area contributed by atoms with Gasteiger partial charge in [0.25, 0.3) is 0 Å². The number of hydrogen-bond acceptors (Lipinski definition) is 4. The van der Waals surface area contributed by atoms with E-state index >= 15 is 0 Å². The first-order valence-corrected chi connectivity index (χ1v) is 6.89. The Bertz CT molecular complexity index is 608. The predicted molar refractivity (Wildman–Crippen MR) is 77.4 cm³/mol. The minimum absolute atomic E-state index is 0.0420. The van der Waals surface area contributed by atoms with E-state index in [1.165, 1.54) is 7.11 Å². The molecular formula is C15H19F2N3O2. The molecule has 0 aliphatic rings. The largest absolute Gasteiger partial charge is 0.497 e. The number of H-pyrrole nitrogens is 1. The molecule has 1 aromatic heterocycles. The zero-order valence-electron chi connectivity index (χ0n) is 12.6. The second kappa shape index (κ2) is 7.33. The lowest BCUT2D eigenvalue weighted by atomic mass is 10.1. The summed E-state index contributed by atoms with van der Waals surface area (Å²) < 4.78 is 32.9. The van der Waals surface area contributed by atoms with E-state index in [2.05, 4.69) is 9.97 Å². The first-order valence-electron chi connectivity index (χ1n) is 6.89. The second-order valence-corrected chi connectivity index (χ2v) is 5.00. The van der Waals surface area contributed by atoms with Crippen molar-refractivity contribution in [2.45, 2.75) is 20.0 Å². The van der Waals surface area contributed by atoms with Crippen LogP contribution in [0.15, 0.2) is 18.3 Å². The monoisotopic (exact) mass is 311 g/mol. The Morgan fingerprint density at radius 2 is 1.95 bits per heavy atom. The zero-order valence-corrected chi connectivity index (χ0v) is 12.6. The van der Waals surface area contributed by atoms with E-state index in [1.807, 2.05) is 6.92 Å². The molecular weight excluding hydrogens is 292 g/mol. The minimum atomic E-state index is -0.666. The Morgan fingerprint density at radius 3 is 2.45 bits per heavy atom. The van der Waals surface area contributed by atoms with E-state index in [1.54, 1.807) is 11.1 Å². The maximum atomic E-state index is 14.0. The predicted octanol–water partition coefficient (Wildman–Crippen LogP) is 2.00. The van der Waals surface area contributed by atoms with Gasteiger partial charge in [0.1, 0.15) is 23.2 Å². The van der Waals surface area contributed by atoms with Crippen LogP contribution in [0.2, 0.25) is 0 Å². The van der Waals surface area contributed by atoms with Crippen molar-refractivity contribution in [3.8, 4) is 5.75 Å². The molecule has 0 amide bonds. The van der Waals surface area contributed by atoms with E-state index in [9.17, 15) is 8.78 Å². The molecule has 5 nitrogen and oxygen atoms in total. The summed E-state index contributed by atoms with van der Waals surface area (Å²) in [4.78, 5) is 8.88. The van der Waals surface area contributed by atoms with Gasteiger partial charge in [-0.3, -0.25) is 4.90 Å². The third-order valence-corrected chi connectivity index (χ3v) is 3.30. The molecule has 120 valence electrons. The molecule has 2 aromatic rings. The average Bonchev–Trinajstić information content (AvgIpc) is 2.88. The fraction of sp³-hybridized carbons (Fsp3) is 0.400. The highest BCUT2D eigenvalue weighted by atomic mass is 19.1. The first kappa shape index (κ1) is 16.4. The SMILES string of the molecule is COc1cc(F)c(CN(CCO)Cc2cnc(C)[nH]2)c(F)c1. The highest BCUT2D eigenvalue weighted by molar-refractivity contribution is 5.30. The zero-order chi connectivity index (χ0) is 16.1. The topological polar surface area (TPSA) is 61.4 Å². The van der Waals surface area contributed by atoms with Gasteiger partial charge in [0, 0.05) is 49.2 Å². The molecule has 1 aromatic carbocycles. The van der Waals surface area contributed by atoms with Gasteiger partial charge in [-0.15, -0.1) is 0 Å². The Kier molecular flexibility index (Phi) is 5.46. The third kappa shape index (κ3) is 4.02. The van der Waals surface area contributed by atoms with Gasteiger partial charge in [0.05, 0.1) is 13.7 Å². The van der Waals surface area contributed by atoms with Gasteiger partial charge in [-0.2, -0.15) is 0 Å². The summed E-state index contributed by atoms with van der Waals surface area (Å²) in [5, 5.41) is 9.14. The van der Waals surface area contributed by atoms with Crippen molar-refractivity contribution in [2.75, 3.05) is 20.3 Å². The average molecular weight is 311 g/mol. The van der Waals surface area contributed by atoms with Crippen molar-refractivity contribution in [2.24, 2.45) is 0 Å². The number of aliphatic hydroxyl groups is 1. The number of aryl methyl sites for hydroxylation is 1. The number of rotatable bonds is 7. The van der Waals surface area contributed by atoms with Crippen molar-refractivity contribution in [1.82, 2.24) is 14.9 Å². The van der Waals surface area contributed by atoms with E-state index < -0.39 is 11.6 Å². The van der Waals surface area contributed by atoms with Crippen LogP contribution in [-0.2, 0) is 13.1 Å². The van der Waals surface area contributed by atoms with E-state index in [0.29, 0.717) is 13.1 Å². The van der Waals surface area contributed by atoms with Crippen LogP contribution in [0.3, 0.4) is 0 Å². The second-order valence-electron chi connectivity index (χ2n) is 5.00. The molecule has 0 bridgehead atoms. The van der Waals surface area contributed by atoms with Crippen molar-refractivity contribution in [3.05, 3.63) is 47.0 Å². The summed E-state index contributed by atoms with van der Waals surface area (Å²) in [5.74, 6) is -0.432. The lowest BCUT2D eigenvalue weighted by Gasteiger charge is -2.21. The highest BCUT2D eigenvalue weighted by Crippen LogP contribution is 2.22. The number of ether oxygens (including phenoxy) is 1. The quantitative estimate of drug-likeness (QED) is 0.821. The number of aromatic amines is 1. The first-order chi connectivity index (χ1) is 10.5. The molecule has 0 aliphatic heterocycles. The Hall–Kier alpha value is -1.99. The number of aliphatic hydroxyl groups excluding tert-OH is 1. The summed E-state index contributed by atoms with van der Waals surface area (Å²) in [5.41, 5.74) is 0.769. The number of nitrogens with one attached hydrogen (secondary N) is 1. The minimum Gasteiger partial charge on any atom is -0.497 e. The van der Waals surface area contributed by atoms with Crippen molar-refractivity contribution in [1.29, 1.82) is 0 Å². The molecule has 2 N–H and O–H groups in total. The van der Waals surface area contributed by atoms with E-state index in [0.717, 1.165) is 23.7 Å². The van der Waals surface area contributed by atoms with Gasteiger partial charge in [-0.05, 0) is 6.92 Å². The van der Waals surface area contributed by atoms with Gasteiger partial charge in [-0.25, -0.2) is 13.8 Å². The fourth-order valence-corrected chi connectivity index (χ4v) is 2.22. The molecule has 0 unspecified atom stereocenters. The number of benzene rings is 1. The Balaban J connectivity index is 2.17. The third-order valence-electron chi connectivity index (χ3n) is 3.30. The van der Waals surface area contributed by atoms with Gasteiger partial charge < -0.3 is 14.8 Å². The number of nitrogens with zero attached hydrogens (tertiary/aromatic N) is 2. The maximum Gasteiger partial charge on any atom is 0.134 e. The lowest BCUT2D eigenvalue weighted by molar-refractivity contribution is 0.179. The summed E-state index contributed by atoms with van der Waals surface area (Å²) in [7, 11) is 1.35. The van der Waals surface area contributed by atoms with Crippen LogP contribution in [0.4, 0.5) is 8.78 Å². The maximum absolute atomic E-state index is 14.0. The summed E-state index contributed by atoms with van der Waals surface area (Å²) in [6.07, 6.45) is 1.67. The number of imidazole rings is 1. The summed E-state index contributed by atoms with van der Waals surface area (Å²) in [6, 6.07) is 2.30. The molecule has 0 saturated heterocycles. The summed E-state index contributed by atoms with van der Waals surface area (Å²) in [6.45, 7) is 2.46. The van der Waals surface area contributed by atoms with Crippen LogP contribution in [0.1, 0.15) is 17.1 Å². The molecule has 22 heavy (non-hydrogen) atoms. The fourth-order valence-electron chi connectivity index (χ4n) is 2.22. The van der Waals surface area contributed by atoms with Crippen molar-refractivity contribution in [3.63, 3.8) is 0 Å². The summed E-state index contributed by atoms with van der Waals surface area (Å²) >= 11 is 0. The van der Waals surface area contributed by atoms with Gasteiger partial charge in [0.2, 0.25) is 0 Å². The number of methoxy groups -OCH3 is 1. The molecule has 2 rings (SSSR count). The van der Waals surface area contributed by atoms with Crippen LogP contribution in [0.25, 0.3) is 0 Å². The Morgan fingerprint density at radius 1 is 1.27 bits per heavy atom. The van der Waals surface area contributed by atoms with Crippen molar-refractivity contribution >= 4 is 0 Å². The van der Waals surface area contributed by atoms with Gasteiger partial charge in [0.15, 0.2) is 0 Å². The molecule has 7 heteroatoms. The molecule has 0 fully saturated rings. The molecule has 0 aliphatic carbocycles. The van der Waals surface area contributed by atoms with Crippen LogP contribution in [0.5, 0.6) is 5.75 Å². The molecule has 0 radical (unpaired) electrons. The standard InChI is InChI=1S/C15H19F2N3O2/c1-10-18-7-11(19-10)8-20(3-4-21)9-13-14(16)5-12(22-2)6-15(13)17/h5-7,21H,3-4,8-9H2,1-2H3,(H,18,19). The van der Waals surface area contributed by atoms with E-state index in [4.69, 9.17) is 9.84 Å². The number of aromatic nitrogens is 2. The van der Waals surface area contributed by atoms with Gasteiger partial charge >= 0.3 is 0 Å². The number of hydrogen-bond donors (Lipinski definition) is 2. The van der Waals surface area contributed by atoms with Crippen LogP contribution in [-0.4, -0.2) is 40.2 Å². The normalized spacial score (nSPS) is 11.2. The highest BCUT2D eigenvalue weighted by Gasteiger charge is 2.16. The molecule has 0 saturated carbocycles. The van der Waals surface area contributed by atoms with Crippen LogP contribution in [0, 0.1) is 18.6 Å². The molecule has 0 spiro atoms.